The zero-order valence-corrected chi connectivity index (χ0v) is 29.5. The molecule has 1 unspecified atom stereocenters. The van der Waals surface area contributed by atoms with Crippen molar-refractivity contribution in [2.45, 2.75) is 140 Å². The normalized spacial score (nSPS) is 26.9. The van der Waals surface area contributed by atoms with Crippen LogP contribution >= 0.6 is 22.9 Å². The summed E-state index contributed by atoms with van der Waals surface area (Å²) in [5.74, 6) is 0.0957. The molecule has 2 aliphatic rings. The van der Waals surface area contributed by atoms with Crippen molar-refractivity contribution in [2.75, 3.05) is 13.7 Å². The summed E-state index contributed by atoms with van der Waals surface area (Å²) in [4.78, 5) is 13.6. The fourth-order valence-corrected chi connectivity index (χ4v) is 8.73. The summed E-state index contributed by atoms with van der Waals surface area (Å²) in [6, 6.07) is 3.86. The van der Waals surface area contributed by atoms with Crippen LogP contribution < -0.4 is 0 Å². The number of alkyl halides is 1. The maximum absolute atomic E-state index is 11.8. The second-order valence-electron chi connectivity index (χ2n) is 13.7. The zero-order chi connectivity index (χ0) is 30.9. The highest BCUT2D eigenvalue weighted by atomic mass is 35.5. The maximum Gasteiger partial charge on any atom is 0.348 e. The molecule has 1 aliphatic carbocycles. The van der Waals surface area contributed by atoms with Gasteiger partial charge in [-0.3, -0.25) is 0 Å². The molecular formula is C33H55ClO6SSi. The summed E-state index contributed by atoms with van der Waals surface area (Å²) in [5, 5.41) is 11.1. The minimum Gasteiger partial charge on any atom is -0.465 e. The van der Waals surface area contributed by atoms with Crippen LogP contribution in [0.4, 0.5) is 0 Å². The van der Waals surface area contributed by atoms with Crippen molar-refractivity contribution in [2.24, 2.45) is 11.8 Å². The van der Waals surface area contributed by atoms with Crippen molar-refractivity contribution in [3.63, 3.8) is 0 Å². The number of thiophene rings is 1. The van der Waals surface area contributed by atoms with E-state index in [4.69, 9.17) is 30.2 Å². The van der Waals surface area contributed by atoms with Crippen LogP contribution in [0.5, 0.6) is 0 Å². The third-order valence-corrected chi connectivity index (χ3v) is 15.5. The van der Waals surface area contributed by atoms with E-state index in [1.54, 1.807) is 0 Å². The number of hydrogen-bond donors (Lipinski definition) is 1. The molecule has 2 heterocycles. The average molecular weight is 643 g/mol. The SMILES string of the molecule is COC(=O)c1ccc(CCC[C@@H]2[C@@H](C=C[C@@H](O)CCC[C@@H](C)O[Si](C)(C)C(C)(C)C)[C@H](OC3CCCCO3)C[C@H]2Cl)s1. The molecule has 3 rings (SSSR count). The van der Waals surface area contributed by atoms with Gasteiger partial charge in [0.15, 0.2) is 14.6 Å². The maximum atomic E-state index is 11.8. The number of esters is 1. The Balaban J connectivity index is 1.57. The Morgan fingerprint density at radius 2 is 2.00 bits per heavy atom. The van der Waals surface area contributed by atoms with Gasteiger partial charge in [-0.2, -0.15) is 0 Å². The van der Waals surface area contributed by atoms with Crippen LogP contribution in [0.25, 0.3) is 0 Å². The van der Waals surface area contributed by atoms with Gasteiger partial charge in [0.2, 0.25) is 0 Å². The number of aliphatic hydroxyl groups excluding tert-OH is 1. The van der Waals surface area contributed by atoms with Gasteiger partial charge in [-0.15, -0.1) is 22.9 Å². The monoisotopic (exact) mass is 642 g/mol. The summed E-state index contributed by atoms with van der Waals surface area (Å²) >= 11 is 8.46. The molecule has 2 fully saturated rings. The predicted octanol–water partition coefficient (Wildman–Crippen LogP) is 8.51. The number of carbonyl (C=O) groups is 1. The molecule has 1 aliphatic heterocycles. The lowest BCUT2D eigenvalue weighted by atomic mass is 9.88. The molecule has 1 N–H and O–H groups in total. The number of rotatable bonds is 15. The Morgan fingerprint density at radius 1 is 1.24 bits per heavy atom. The summed E-state index contributed by atoms with van der Waals surface area (Å²) in [5.41, 5.74) is 0. The van der Waals surface area contributed by atoms with Gasteiger partial charge in [-0.1, -0.05) is 32.9 Å². The molecule has 1 aromatic heterocycles. The highest BCUT2D eigenvalue weighted by molar-refractivity contribution is 7.13. The number of aryl methyl sites for hydroxylation is 1. The highest BCUT2D eigenvalue weighted by Gasteiger charge is 2.43. The van der Waals surface area contributed by atoms with Crippen LogP contribution in [-0.4, -0.2) is 63.1 Å². The zero-order valence-electron chi connectivity index (χ0n) is 26.9. The molecule has 9 heteroatoms. The molecule has 240 valence electrons. The van der Waals surface area contributed by atoms with Gasteiger partial charge in [0, 0.05) is 28.9 Å². The topological polar surface area (TPSA) is 74.2 Å². The molecular weight excluding hydrogens is 588 g/mol. The molecule has 1 saturated heterocycles. The largest absolute Gasteiger partial charge is 0.465 e. The second kappa shape index (κ2) is 16.5. The van der Waals surface area contributed by atoms with E-state index in [1.165, 1.54) is 23.3 Å². The quantitative estimate of drug-likeness (QED) is 0.0895. The third-order valence-electron chi connectivity index (χ3n) is 9.29. The Bertz CT molecular complexity index is 985. The molecule has 0 spiro atoms. The summed E-state index contributed by atoms with van der Waals surface area (Å²) < 4.78 is 23.7. The first-order valence-electron chi connectivity index (χ1n) is 15.9. The molecule has 0 amide bonds. The van der Waals surface area contributed by atoms with Crippen LogP contribution in [0, 0.1) is 11.8 Å². The summed E-state index contributed by atoms with van der Waals surface area (Å²) in [6.45, 7) is 14.3. The van der Waals surface area contributed by atoms with Gasteiger partial charge in [-0.25, -0.2) is 4.79 Å². The Kier molecular flexibility index (Phi) is 14.1. The minimum absolute atomic E-state index is 0.00712. The van der Waals surface area contributed by atoms with Crippen LogP contribution in [0.3, 0.4) is 0 Å². The van der Waals surface area contributed by atoms with Crippen LogP contribution in [0.1, 0.15) is 100 Å². The smallest absolute Gasteiger partial charge is 0.348 e. The van der Waals surface area contributed by atoms with E-state index in [-0.39, 0.29) is 46.7 Å². The standard InChI is InChI=1S/C33H55ClO6SSi/c1-23(40-42(6,7)33(2,3)4)12-10-13-24(35)17-19-27-26(15-11-14-25-18-20-30(41-25)32(36)37-5)28(34)22-29(27)39-31-16-8-9-21-38-31/h17-20,23-24,26-29,31,35H,8-16,21-22H2,1-7H3/t23-,24+,26-,27-,28-,29-,31?/m1/s1. The Morgan fingerprint density at radius 3 is 2.67 bits per heavy atom. The van der Waals surface area contributed by atoms with Gasteiger partial charge in [0.05, 0.1) is 19.3 Å². The number of carbonyl (C=O) groups excluding carboxylic acids is 1. The van der Waals surface area contributed by atoms with Crippen molar-refractivity contribution in [1.29, 1.82) is 0 Å². The molecule has 0 radical (unpaired) electrons. The fourth-order valence-electron chi connectivity index (χ4n) is 5.81. The Hall–Kier alpha value is -0.743. The fraction of sp³-hybridized carbons (Fsp3) is 0.788. The lowest BCUT2D eigenvalue weighted by Crippen LogP contribution is -2.43. The third kappa shape index (κ3) is 10.7. The van der Waals surface area contributed by atoms with E-state index >= 15 is 0 Å². The number of halogens is 1. The first-order valence-corrected chi connectivity index (χ1v) is 20.1. The van der Waals surface area contributed by atoms with Gasteiger partial charge in [-0.05, 0) is 107 Å². The molecule has 6 nitrogen and oxygen atoms in total. The number of ether oxygens (including phenoxy) is 3. The van der Waals surface area contributed by atoms with E-state index < -0.39 is 14.4 Å². The Labute approximate surface area is 264 Å². The first kappa shape index (κ1) is 35.7. The van der Waals surface area contributed by atoms with Crippen LogP contribution in [-0.2, 0) is 25.1 Å². The number of methoxy groups -OCH3 is 1. The number of aliphatic hydroxyl groups is 1. The van der Waals surface area contributed by atoms with Crippen molar-refractivity contribution >= 4 is 37.2 Å². The van der Waals surface area contributed by atoms with Gasteiger partial charge in [0.25, 0.3) is 0 Å². The molecule has 1 saturated carbocycles. The average Bonchev–Trinajstić information content (AvgIpc) is 3.51. The lowest BCUT2D eigenvalue weighted by molar-refractivity contribution is -0.192. The minimum atomic E-state index is -1.79. The molecule has 7 atom stereocenters. The molecule has 1 aromatic rings. The van der Waals surface area contributed by atoms with E-state index in [9.17, 15) is 9.90 Å². The van der Waals surface area contributed by atoms with E-state index in [1.807, 2.05) is 18.2 Å². The number of hydrogen-bond acceptors (Lipinski definition) is 7. The van der Waals surface area contributed by atoms with Gasteiger partial charge >= 0.3 is 5.97 Å². The second-order valence-corrected chi connectivity index (χ2v) is 20.2. The molecule has 42 heavy (non-hydrogen) atoms. The van der Waals surface area contributed by atoms with Gasteiger partial charge in [0.1, 0.15) is 4.88 Å². The highest BCUT2D eigenvalue weighted by Crippen LogP contribution is 2.43. The van der Waals surface area contributed by atoms with Crippen LogP contribution in [0.2, 0.25) is 18.1 Å². The van der Waals surface area contributed by atoms with Crippen molar-refractivity contribution < 1.29 is 28.5 Å². The molecule has 0 bridgehead atoms. The summed E-state index contributed by atoms with van der Waals surface area (Å²) in [7, 11) is -0.379. The van der Waals surface area contributed by atoms with E-state index in [0.717, 1.165) is 64.4 Å². The lowest BCUT2D eigenvalue weighted by Gasteiger charge is -2.38. The predicted molar refractivity (Wildman–Crippen MR) is 175 cm³/mol. The van der Waals surface area contributed by atoms with Crippen molar-refractivity contribution in [1.82, 2.24) is 0 Å². The first-order chi connectivity index (χ1) is 19.8. The van der Waals surface area contributed by atoms with Crippen molar-refractivity contribution in [3.8, 4) is 0 Å². The van der Waals surface area contributed by atoms with E-state index in [0.29, 0.717) is 11.3 Å². The van der Waals surface area contributed by atoms with Crippen LogP contribution in [0.15, 0.2) is 24.3 Å². The van der Waals surface area contributed by atoms with E-state index in [2.05, 4.69) is 46.9 Å². The molecule has 0 aromatic carbocycles. The van der Waals surface area contributed by atoms with Crippen molar-refractivity contribution in [3.05, 3.63) is 34.0 Å². The summed E-state index contributed by atoms with van der Waals surface area (Å²) in [6.07, 6.45) is 12.9. The van der Waals surface area contributed by atoms with Gasteiger partial charge < -0.3 is 23.7 Å².